The molecule has 0 saturated carbocycles. The van der Waals surface area contributed by atoms with E-state index in [1.807, 2.05) is 44.4 Å². The summed E-state index contributed by atoms with van der Waals surface area (Å²) in [4.78, 5) is 18.9. The van der Waals surface area contributed by atoms with Crippen molar-refractivity contribution in [3.8, 4) is 23.1 Å². The fourth-order valence-electron chi connectivity index (χ4n) is 1.89. The van der Waals surface area contributed by atoms with Crippen molar-refractivity contribution in [2.45, 2.75) is 31.5 Å². The van der Waals surface area contributed by atoms with Gasteiger partial charge in [0.05, 0.1) is 11.8 Å². The number of benzene rings is 1. The Balaban J connectivity index is 2.52. The SMILES string of the molecule is CCC(C)Oc1cccc(-c2nc(SC)[nH]c(=O)c2C#N)c1. The van der Waals surface area contributed by atoms with Gasteiger partial charge in [-0.25, -0.2) is 4.98 Å². The average Bonchev–Trinajstić information content (AvgIpc) is 2.54. The van der Waals surface area contributed by atoms with Gasteiger partial charge in [0.15, 0.2) is 5.16 Å². The van der Waals surface area contributed by atoms with E-state index in [0.717, 1.165) is 6.42 Å². The summed E-state index contributed by atoms with van der Waals surface area (Å²) in [5.74, 6) is 0.698. The molecule has 0 spiro atoms. The number of aromatic nitrogens is 2. The summed E-state index contributed by atoms with van der Waals surface area (Å²) >= 11 is 1.32. The number of ether oxygens (including phenoxy) is 1. The monoisotopic (exact) mass is 315 g/mol. The highest BCUT2D eigenvalue weighted by molar-refractivity contribution is 7.98. The Morgan fingerprint density at radius 2 is 2.27 bits per heavy atom. The molecular formula is C16H17N3O2S. The Morgan fingerprint density at radius 1 is 1.50 bits per heavy atom. The van der Waals surface area contributed by atoms with Gasteiger partial charge < -0.3 is 9.72 Å². The first-order valence-electron chi connectivity index (χ1n) is 6.94. The molecule has 114 valence electrons. The van der Waals surface area contributed by atoms with Gasteiger partial charge in [0, 0.05) is 5.56 Å². The fourth-order valence-corrected chi connectivity index (χ4v) is 2.27. The van der Waals surface area contributed by atoms with Crippen molar-refractivity contribution in [2.24, 2.45) is 0 Å². The molecule has 0 saturated heterocycles. The average molecular weight is 315 g/mol. The number of hydrogen-bond acceptors (Lipinski definition) is 5. The van der Waals surface area contributed by atoms with Gasteiger partial charge in [-0.15, -0.1) is 0 Å². The zero-order valence-electron chi connectivity index (χ0n) is 12.7. The molecule has 1 aromatic heterocycles. The smallest absolute Gasteiger partial charge is 0.270 e. The molecule has 0 amide bonds. The number of H-pyrrole nitrogens is 1. The van der Waals surface area contributed by atoms with Crippen LogP contribution in [0.15, 0.2) is 34.2 Å². The number of hydrogen-bond donors (Lipinski definition) is 1. The van der Waals surface area contributed by atoms with Crippen LogP contribution in [-0.4, -0.2) is 22.3 Å². The van der Waals surface area contributed by atoms with E-state index >= 15 is 0 Å². The van der Waals surface area contributed by atoms with Crippen LogP contribution in [-0.2, 0) is 0 Å². The molecule has 0 radical (unpaired) electrons. The number of nitrogens with zero attached hydrogens (tertiary/aromatic N) is 2. The van der Waals surface area contributed by atoms with Crippen LogP contribution in [0.4, 0.5) is 0 Å². The number of nitriles is 1. The summed E-state index contributed by atoms with van der Waals surface area (Å²) in [6.07, 6.45) is 2.81. The van der Waals surface area contributed by atoms with Crippen molar-refractivity contribution < 1.29 is 4.74 Å². The summed E-state index contributed by atoms with van der Waals surface area (Å²) in [6, 6.07) is 9.23. The Kier molecular flexibility index (Phi) is 5.23. The van der Waals surface area contributed by atoms with Crippen LogP contribution in [0.3, 0.4) is 0 Å². The third kappa shape index (κ3) is 3.49. The van der Waals surface area contributed by atoms with Crippen LogP contribution >= 0.6 is 11.8 Å². The van der Waals surface area contributed by atoms with Gasteiger partial charge in [-0.05, 0) is 31.7 Å². The van der Waals surface area contributed by atoms with Gasteiger partial charge >= 0.3 is 0 Å². The second-order valence-electron chi connectivity index (χ2n) is 4.78. The lowest BCUT2D eigenvalue weighted by Gasteiger charge is -2.13. The zero-order chi connectivity index (χ0) is 16.1. The van der Waals surface area contributed by atoms with Crippen LogP contribution in [0.2, 0.25) is 0 Å². The van der Waals surface area contributed by atoms with Crippen LogP contribution < -0.4 is 10.3 Å². The van der Waals surface area contributed by atoms with Crippen molar-refractivity contribution in [3.63, 3.8) is 0 Å². The lowest BCUT2D eigenvalue weighted by Crippen LogP contribution is -2.14. The first-order valence-corrected chi connectivity index (χ1v) is 8.17. The van der Waals surface area contributed by atoms with Gasteiger partial charge in [0.2, 0.25) is 0 Å². The van der Waals surface area contributed by atoms with Gasteiger partial charge in [-0.3, -0.25) is 4.79 Å². The number of rotatable bonds is 5. The summed E-state index contributed by atoms with van der Waals surface area (Å²) in [5.41, 5.74) is 0.660. The van der Waals surface area contributed by atoms with Crippen LogP contribution in [0.1, 0.15) is 25.8 Å². The van der Waals surface area contributed by atoms with Crippen molar-refractivity contribution in [3.05, 3.63) is 40.2 Å². The van der Waals surface area contributed by atoms with Gasteiger partial charge in [-0.2, -0.15) is 5.26 Å². The highest BCUT2D eigenvalue weighted by Gasteiger charge is 2.14. The van der Waals surface area contributed by atoms with Gasteiger partial charge in [-0.1, -0.05) is 30.8 Å². The normalized spacial score (nSPS) is 11.7. The van der Waals surface area contributed by atoms with E-state index in [-0.39, 0.29) is 11.7 Å². The Labute approximate surface area is 133 Å². The molecule has 0 aliphatic carbocycles. The lowest BCUT2D eigenvalue weighted by atomic mass is 10.1. The van der Waals surface area contributed by atoms with Crippen LogP contribution in [0, 0.1) is 11.3 Å². The molecule has 1 heterocycles. The molecule has 6 heteroatoms. The summed E-state index contributed by atoms with van der Waals surface area (Å²) in [7, 11) is 0. The predicted molar refractivity (Wildman–Crippen MR) is 87.2 cm³/mol. The van der Waals surface area contributed by atoms with Crippen molar-refractivity contribution >= 4 is 11.8 Å². The number of thioether (sulfide) groups is 1. The maximum absolute atomic E-state index is 12.0. The highest BCUT2D eigenvalue weighted by atomic mass is 32.2. The first-order chi connectivity index (χ1) is 10.6. The van der Waals surface area contributed by atoms with Crippen molar-refractivity contribution in [1.29, 1.82) is 5.26 Å². The number of aromatic amines is 1. The fraction of sp³-hybridized carbons (Fsp3) is 0.312. The summed E-state index contributed by atoms with van der Waals surface area (Å²) in [5, 5.41) is 9.71. The van der Waals surface area contributed by atoms with E-state index in [4.69, 9.17) is 4.74 Å². The van der Waals surface area contributed by atoms with E-state index in [9.17, 15) is 10.1 Å². The largest absolute Gasteiger partial charge is 0.491 e. The van der Waals surface area contributed by atoms with Gasteiger partial charge in [0.1, 0.15) is 17.4 Å². The van der Waals surface area contributed by atoms with E-state index in [1.54, 1.807) is 6.07 Å². The Bertz CT molecular complexity index is 765. The molecule has 2 rings (SSSR count). The third-order valence-corrected chi connectivity index (χ3v) is 3.80. The quantitative estimate of drug-likeness (QED) is 0.677. The second-order valence-corrected chi connectivity index (χ2v) is 5.57. The first kappa shape index (κ1) is 16.1. The van der Waals surface area contributed by atoms with Crippen LogP contribution in [0.5, 0.6) is 5.75 Å². The molecule has 1 unspecified atom stereocenters. The minimum absolute atomic E-state index is 0.0125. The molecule has 1 aromatic carbocycles. The Morgan fingerprint density at radius 3 is 2.91 bits per heavy atom. The molecule has 0 fully saturated rings. The molecule has 22 heavy (non-hydrogen) atoms. The maximum atomic E-state index is 12.0. The van der Waals surface area contributed by atoms with Crippen LogP contribution in [0.25, 0.3) is 11.3 Å². The third-order valence-electron chi connectivity index (χ3n) is 3.22. The standard InChI is InChI=1S/C16H17N3O2S/c1-4-10(2)21-12-7-5-6-11(8-12)14-13(9-17)15(20)19-16(18-14)22-3/h5-8,10H,4H2,1-3H3,(H,18,19,20). The van der Waals surface area contributed by atoms with Crippen molar-refractivity contribution in [1.82, 2.24) is 9.97 Å². The molecule has 0 aliphatic rings. The minimum atomic E-state index is -0.426. The van der Waals surface area contributed by atoms with E-state index < -0.39 is 5.56 Å². The summed E-state index contributed by atoms with van der Waals surface area (Å²) < 4.78 is 5.78. The van der Waals surface area contributed by atoms with E-state index in [0.29, 0.717) is 22.2 Å². The van der Waals surface area contributed by atoms with E-state index in [1.165, 1.54) is 11.8 Å². The molecule has 0 aliphatic heterocycles. The second kappa shape index (κ2) is 7.14. The molecule has 1 atom stereocenters. The molecular weight excluding hydrogens is 298 g/mol. The Hall–Kier alpha value is -2.26. The molecule has 2 aromatic rings. The topological polar surface area (TPSA) is 78.8 Å². The minimum Gasteiger partial charge on any atom is -0.491 e. The molecule has 5 nitrogen and oxygen atoms in total. The highest BCUT2D eigenvalue weighted by Crippen LogP contribution is 2.25. The predicted octanol–water partition coefficient (Wildman–Crippen LogP) is 3.21. The molecule has 0 bridgehead atoms. The maximum Gasteiger partial charge on any atom is 0.270 e. The van der Waals surface area contributed by atoms with Crippen molar-refractivity contribution in [2.75, 3.05) is 6.26 Å². The summed E-state index contributed by atoms with van der Waals surface area (Å²) in [6.45, 7) is 4.04. The molecule has 1 N–H and O–H groups in total. The van der Waals surface area contributed by atoms with Gasteiger partial charge in [0.25, 0.3) is 5.56 Å². The number of nitrogens with one attached hydrogen (secondary N) is 1. The van der Waals surface area contributed by atoms with E-state index in [2.05, 4.69) is 9.97 Å². The lowest BCUT2D eigenvalue weighted by molar-refractivity contribution is 0.217. The zero-order valence-corrected chi connectivity index (χ0v) is 13.5.